The Bertz CT molecular complexity index is 903. The number of aliphatic hydroxyl groups is 3. The average Bonchev–Trinajstić information content (AvgIpc) is 2.80. The Morgan fingerprint density at radius 3 is 2.23 bits per heavy atom. The Kier molecular flexibility index (Phi) is 9.93. The summed E-state index contributed by atoms with van der Waals surface area (Å²) in [4.78, 5) is 13.5. The van der Waals surface area contributed by atoms with Crippen LogP contribution in [0.2, 0.25) is 0 Å². The van der Waals surface area contributed by atoms with E-state index < -0.39 is 48.3 Å². The van der Waals surface area contributed by atoms with Crippen LogP contribution in [0, 0.1) is 10.5 Å². The molecule has 0 aliphatic carbocycles. The molecule has 8 atom stereocenters. The van der Waals surface area contributed by atoms with E-state index in [9.17, 15) is 20.1 Å². The second-order valence-electron chi connectivity index (χ2n) is 8.57. The molecule has 3 N–H and O–H groups in total. The van der Waals surface area contributed by atoms with Crippen molar-refractivity contribution in [3.63, 3.8) is 0 Å². The molecule has 0 radical (unpaired) electrons. The fourth-order valence-corrected chi connectivity index (χ4v) is 6.12. The van der Waals surface area contributed by atoms with E-state index in [2.05, 4.69) is 22.6 Å². The van der Waals surface area contributed by atoms with Gasteiger partial charge in [-0.3, -0.25) is 4.79 Å². The molecule has 0 spiro atoms. The van der Waals surface area contributed by atoms with Gasteiger partial charge in [0.05, 0.1) is 53.0 Å². The summed E-state index contributed by atoms with van der Waals surface area (Å²) in [6.07, 6.45) is -4.66. The highest BCUT2D eigenvalue weighted by atomic mass is 127. The Hall–Kier alpha value is -0.870. The normalized spacial score (nSPS) is 33.3. The molecule has 2 saturated heterocycles. The van der Waals surface area contributed by atoms with Crippen LogP contribution in [0.25, 0.3) is 0 Å². The van der Waals surface area contributed by atoms with Crippen LogP contribution in [0.15, 0.2) is 0 Å². The predicted octanol–water partition coefficient (Wildman–Crippen LogP) is 2.24. The van der Waals surface area contributed by atoms with Crippen LogP contribution in [0.1, 0.15) is 42.6 Å². The molecular weight excluding hydrogens is 595 g/mol. The minimum atomic E-state index is -1.07. The smallest absolute Gasteiger partial charge is 0.224 e. The van der Waals surface area contributed by atoms with Gasteiger partial charge in [-0.1, -0.05) is 11.8 Å². The number of hydrogen-bond donors (Lipinski definition) is 3. The van der Waals surface area contributed by atoms with Crippen molar-refractivity contribution in [3.05, 3.63) is 14.7 Å². The molecular formula is C23H33IO10S. The van der Waals surface area contributed by atoms with Crippen molar-refractivity contribution in [1.29, 1.82) is 0 Å². The standard InChI is InChI=1S/C23H33IO10S/c1-9-16(23(28)35-22-11(3)32-14(26)7-12(22)25)19(30-5)21(31-6)20(17(9)24)34-15-8-13(29-4)18(27)10(2)33-15/h10-15,18,22,25-27H,7-8H2,1-6H3/t10-,11+,12-,13-,14+,15-,18-,22+/m0/s1. The van der Waals surface area contributed by atoms with Crippen LogP contribution in [0.5, 0.6) is 17.2 Å². The van der Waals surface area contributed by atoms with E-state index in [1.54, 1.807) is 20.8 Å². The van der Waals surface area contributed by atoms with Crippen LogP contribution in [-0.4, -0.2) is 90.1 Å². The van der Waals surface area contributed by atoms with Gasteiger partial charge in [-0.05, 0) is 48.9 Å². The zero-order valence-electron chi connectivity index (χ0n) is 20.5. The molecule has 0 saturated carbocycles. The molecule has 35 heavy (non-hydrogen) atoms. The summed E-state index contributed by atoms with van der Waals surface area (Å²) >= 11 is 3.02. The fraction of sp³-hybridized carbons (Fsp3) is 0.696. The van der Waals surface area contributed by atoms with Gasteiger partial charge in [-0.15, -0.1) is 0 Å². The van der Waals surface area contributed by atoms with Gasteiger partial charge in [0.25, 0.3) is 0 Å². The summed E-state index contributed by atoms with van der Waals surface area (Å²) in [5.74, 6) is 0.778. The first-order chi connectivity index (χ1) is 16.5. The molecule has 0 aromatic heterocycles. The van der Waals surface area contributed by atoms with Crippen LogP contribution < -0.4 is 14.2 Å². The topological polar surface area (TPSA) is 133 Å². The van der Waals surface area contributed by atoms with Crippen molar-refractivity contribution in [1.82, 2.24) is 0 Å². The maximum absolute atomic E-state index is 13.5. The number of carbonyl (C=O) groups is 1. The summed E-state index contributed by atoms with van der Waals surface area (Å²) in [6, 6.07) is 0. The molecule has 2 aliphatic rings. The Labute approximate surface area is 222 Å². The number of ether oxygens (including phenoxy) is 6. The van der Waals surface area contributed by atoms with Gasteiger partial charge in [0.2, 0.25) is 17.2 Å². The lowest BCUT2D eigenvalue weighted by molar-refractivity contribution is -0.222. The first-order valence-corrected chi connectivity index (χ1v) is 13.2. The van der Waals surface area contributed by atoms with Crippen molar-refractivity contribution in [2.24, 2.45) is 0 Å². The lowest BCUT2D eigenvalue weighted by atomic mass is 10.0. The van der Waals surface area contributed by atoms with E-state index in [0.29, 0.717) is 26.9 Å². The molecule has 0 amide bonds. The van der Waals surface area contributed by atoms with E-state index >= 15 is 0 Å². The fourth-order valence-electron chi connectivity index (χ4n) is 4.34. The van der Waals surface area contributed by atoms with Crippen molar-refractivity contribution in [3.8, 4) is 17.2 Å². The van der Waals surface area contributed by atoms with Gasteiger partial charge in [0.1, 0.15) is 6.10 Å². The number of carbonyl (C=O) groups excluding carboxylic acids is 1. The number of rotatable bonds is 7. The quantitative estimate of drug-likeness (QED) is 0.384. The van der Waals surface area contributed by atoms with Crippen LogP contribution in [-0.2, 0) is 14.2 Å². The van der Waals surface area contributed by atoms with E-state index in [-0.39, 0.29) is 23.0 Å². The van der Waals surface area contributed by atoms with Crippen molar-refractivity contribution >= 4 is 39.5 Å². The number of methoxy groups -OCH3 is 3. The van der Waals surface area contributed by atoms with Gasteiger partial charge >= 0.3 is 0 Å². The van der Waals surface area contributed by atoms with E-state index in [0.717, 1.165) is 11.8 Å². The van der Waals surface area contributed by atoms with Crippen LogP contribution in [0.3, 0.4) is 0 Å². The Morgan fingerprint density at radius 1 is 1.00 bits per heavy atom. The highest BCUT2D eigenvalue weighted by molar-refractivity contribution is 14.1. The molecule has 10 nitrogen and oxygen atoms in total. The number of benzene rings is 1. The lowest BCUT2D eigenvalue weighted by Crippen LogP contribution is -2.49. The number of hydrogen-bond acceptors (Lipinski definition) is 11. The van der Waals surface area contributed by atoms with Crippen molar-refractivity contribution in [2.45, 2.75) is 82.0 Å². The largest absolute Gasteiger partial charge is 0.492 e. The third-order valence-electron chi connectivity index (χ3n) is 6.26. The monoisotopic (exact) mass is 628 g/mol. The average molecular weight is 628 g/mol. The van der Waals surface area contributed by atoms with Gasteiger partial charge in [-0.2, -0.15) is 0 Å². The first kappa shape index (κ1) is 28.7. The third kappa shape index (κ3) is 6.00. The number of aliphatic hydroxyl groups excluding tert-OH is 3. The molecule has 198 valence electrons. The van der Waals surface area contributed by atoms with E-state index in [1.165, 1.54) is 21.3 Å². The number of thioether (sulfide) groups is 1. The maximum Gasteiger partial charge on any atom is 0.224 e. The third-order valence-corrected chi connectivity index (χ3v) is 8.95. The summed E-state index contributed by atoms with van der Waals surface area (Å²) in [5, 5.41) is 29.5. The zero-order valence-corrected chi connectivity index (χ0v) is 23.5. The molecule has 0 unspecified atom stereocenters. The molecule has 3 rings (SSSR count). The van der Waals surface area contributed by atoms with E-state index in [1.807, 2.05) is 0 Å². The first-order valence-electron chi connectivity index (χ1n) is 11.2. The second kappa shape index (κ2) is 12.1. The maximum atomic E-state index is 13.5. The van der Waals surface area contributed by atoms with Crippen molar-refractivity contribution < 1.29 is 48.5 Å². The highest BCUT2D eigenvalue weighted by Crippen LogP contribution is 2.48. The molecule has 0 bridgehead atoms. The van der Waals surface area contributed by atoms with Crippen LogP contribution >= 0.6 is 34.4 Å². The lowest BCUT2D eigenvalue weighted by Gasteiger charge is -2.37. The summed E-state index contributed by atoms with van der Waals surface area (Å²) in [6.45, 7) is 5.22. The predicted molar refractivity (Wildman–Crippen MR) is 136 cm³/mol. The number of halogens is 1. The Morgan fingerprint density at radius 2 is 1.66 bits per heavy atom. The zero-order chi connectivity index (χ0) is 26.0. The second-order valence-corrected chi connectivity index (χ2v) is 10.8. The van der Waals surface area contributed by atoms with Gasteiger partial charge < -0.3 is 43.7 Å². The molecule has 2 heterocycles. The van der Waals surface area contributed by atoms with Gasteiger partial charge in [-0.25, -0.2) is 0 Å². The summed E-state index contributed by atoms with van der Waals surface area (Å²) < 4.78 is 34.7. The van der Waals surface area contributed by atoms with Crippen LogP contribution in [0.4, 0.5) is 0 Å². The minimum absolute atomic E-state index is 0.0238. The molecule has 1 aromatic carbocycles. The molecule has 12 heteroatoms. The Balaban J connectivity index is 1.94. The van der Waals surface area contributed by atoms with Crippen molar-refractivity contribution in [2.75, 3.05) is 21.3 Å². The molecule has 1 aromatic rings. The SMILES string of the molecule is COc1c(O[C@H]2C[C@H](OC)[C@@H](O)[C@H](C)O2)c(I)c(C)c(C(=O)S[C@H]2[C@@H](O)C[C@H](O)O[C@@H]2C)c1OC. The molecule has 2 aliphatic heterocycles. The summed E-state index contributed by atoms with van der Waals surface area (Å²) in [5.41, 5.74) is 0.904. The van der Waals surface area contributed by atoms with Gasteiger partial charge in [0, 0.05) is 20.0 Å². The van der Waals surface area contributed by atoms with Gasteiger partial charge in [0.15, 0.2) is 17.8 Å². The minimum Gasteiger partial charge on any atom is -0.492 e. The summed E-state index contributed by atoms with van der Waals surface area (Å²) in [7, 11) is 4.41. The molecule has 2 fully saturated rings. The highest BCUT2D eigenvalue weighted by Gasteiger charge is 2.40. The van der Waals surface area contributed by atoms with E-state index in [4.69, 9.17) is 28.4 Å².